The lowest BCUT2D eigenvalue weighted by Gasteiger charge is -2.21. The molecule has 4 rings (SSSR count). The number of β-amino-alcohol motifs (C(OH)–C–C–N with tert-alkyl or cyclic N) is 1. The number of anilines is 1. The fourth-order valence-electron chi connectivity index (χ4n) is 3.22. The molecule has 0 saturated carbocycles. The maximum atomic E-state index is 12.7. The Labute approximate surface area is 139 Å². The molecule has 3 aromatic rings. The van der Waals surface area contributed by atoms with Gasteiger partial charge in [-0.2, -0.15) is 5.26 Å². The molecule has 0 spiro atoms. The highest BCUT2D eigenvalue weighted by atomic mass is 16.3. The largest absolute Gasteiger partial charge is 0.387 e. The molecule has 4 heteroatoms. The third kappa shape index (κ3) is 2.15. The fourth-order valence-corrected chi connectivity index (χ4v) is 3.22. The van der Waals surface area contributed by atoms with Crippen LogP contribution < -0.4 is 4.90 Å². The smallest absolute Gasteiger partial charge is 0.259 e. The van der Waals surface area contributed by atoms with Crippen molar-refractivity contribution in [1.29, 1.82) is 5.26 Å². The summed E-state index contributed by atoms with van der Waals surface area (Å²) in [5.74, 6) is -0.0884. The number of aliphatic hydroxyl groups excluding tert-OH is 1. The van der Waals surface area contributed by atoms with Gasteiger partial charge in [0.1, 0.15) is 0 Å². The Morgan fingerprint density at radius 2 is 1.75 bits per heavy atom. The number of benzene rings is 3. The molecule has 0 saturated heterocycles. The van der Waals surface area contributed by atoms with E-state index in [2.05, 4.69) is 6.07 Å². The van der Waals surface area contributed by atoms with Crippen LogP contribution in [0.3, 0.4) is 0 Å². The summed E-state index contributed by atoms with van der Waals surface area (Å²) in [4.78, 5) is 14.3. The van der Waals surface area contributed by atoms with Gasteiger partial charge in [-0.05, 0) is 35.2 Å². The lowest BCUT2D eigenvalue weighted by atomic mass is 10.1. The van der Waals surface area contributed by atoms with Crippen LogP contribution in [-0.4, -0.2) is 17.6 Å². The predicted molar refractivity (Wildman–Crippen MR) is 91.7 cm³/mol. The number of carbonyl (C=O) groups excluding carboxylic acids is 1. The zero-order valence-electron chi connectivity index (χ0n) is 12.8. The molecule has 1 heterocycles. The molecule has 4 nitrogen and oxygen atoms in total. The topological polar surface area (TPSA) is 64.3 Å². The second-order valence-electron chi connectivity index (χ2n) is 5.85. The molecule has 3 aromatic carbocycles. The summed E-state index contributed by atoms with van der Waals surface area (Å²) in [7, 11) is 0. The predicted octanol–water partition coefficient (Wildman–Crippen LogP) is 3.41. The van der Waals surface area contributed by atoms with Crippen LogP contribution in [0.25, 0.3) is 10.8 Å². The maximum absolute atomic E-state index is 12.7. The lowest BCUT2D eigenvalue weighted by Crippen LogP contribution is -2.31. The van der Waals surface area contributed by atoms with Crippen molar-refractivity contribution in [1.82, 2.24) is 0 Å². The van der Waals surface area contributed by atoms with Gasteiger partial charge in [0.25, 0.3) is 5.91 Å². The van der Waals surface area contributed by atoms with Crippen LogP contribution >= 0.6 is 0 Å². The molecule has 0 bridgehead atoms. The van der Waals surface area contributed by atoms with Crippen molar-refractivity contribution in [2.45, 2.75) is 6.10 Å². The van der Waals surface area contributed by atoms with E-state index < -0.39 is 6.10 Å². The minimum atomic E-state index is -0.814. The summed E-state index contributed by atoms with van der Waals surface area (Å²) >= 11 is 0. The first-order chi connectivity index (χ1) is 11.7. The average molecular weight is 314 g/mol. The van der Waals surface area contributed by atoms with E-state index in [-0.39, 0.29) is 12.5 Å². The van der Waals surface area contributed by atoms with Crippen molar-refractivity contribution >= 4 is 22.4 Å². The van der Waals surface area contributed by atoms with Gasteiger partial charge >= 0.3 is 0 Å². The summed E-state index contributed by atoms with van der Waals surface area (Å²) in [6, 6.07) is 20.3. The van der Waals surface area contributed by atoms with Crippen LogP contribution in [0.2, 0.25) is 0 Å². The van der Waals surface area contributed by atoms with Gasteiger partial charge in [0, 0.05) is 10.9 Å². The monoisotopic (exact) mass is 314 g/mol. The summed E-state index contributed by atoms with van der Waals surface area (Å²) in [6.07, 6.45) is -0.814. The van der Waals surface area contributed by atoms with E-state index in [4.69, 9.17) is 5.26 Å². The van der Waals surface area contributed by atoms with Crippen molar-refractivity contribution < 1.29 is 9.90 Å². The molecule has 0 radical (unpaired) electrons. The van der Waals surface area contributed by atoms with E-state index in [0.29, 0.717) is 16.7 Å². The minimum Gasteiger partial charge on any atom is -0.387 e. The van der Waals surface area contributed by atoms with Crippen LogP contribution in [0.15, 0.2) is 60.7 Å². The SMILES string of the molecule is N#Cc1ccc(C(O)CN2C(=O)c3cccc4cccc2c34)cc1. The second-order valence-corrected chi connectivity index (χ2v) is 5.85. The van der Waals surface area contributed by atoms with Crippen LogP contribution in [0.1, 0.15) is 27.6 Å². The third-order valence-corrected chi connectivity index (χ3v) is 4.43. The summed E-state index contributed by atoms with van der Waals surface area (Å²) < 4.78 is 0. The van der Waals surface area contributed by atoms with E-state index in [9.17, 15) is 9.90 Å². The van der Waals surface area contributed by atoms with Crippen LogP contribution in [0.5, 0.6) is 0 Å². The van der Waals surface area contributed by atoms with E-state index in [1.165, 1.54) is 0 Å². The molecule has 116 valence electrons. The Kier molecular flexibility index (Phi) is 3.30. The van der Waals surface area contributed by atoms with Gasteiger partial charge in [0.2, 0.25) is 0 Å². The molecular weight excluding hydrogens is 300 g/mol. The molecule has 0 aliphatic carbocycles. The minimum absolute atomic E-state index is 0.0884. The quantitative estimate of drug-likeness (QED) is 0.806. The molecule has 1 aliphatic rings. The molecule has 1 unspecified atom stereocenters. The van der Waals surface area contributed by atoms with Gasteiger partial charge in [0.15, 0.2) is 0 Å². The van der Waals surface area contributed by atoms with Crippen molar-refractivity contribution in [2.75, 3.05) is 11.4 Å². The molecule has 1 N–H and O–H groups in total. The lowest BCUT2D eigenvalue weighted by molar-refractivity contribution is 0.0969. The Hall–Kier alpha value is -3.16. The average Bonchev–Trinajstić information content (AvgIpc) is 2.90. The van der Waals surface area contributed by atoms with Gasteiger partial charge in [-0.25, -0.2) is 0 Å². The molecule has 24 heavy (non-hydrogen) atoms. The van der Waals surface area contributed by atoms with Crippen LogP contribution in [0.4, 0.5) is 5.69 Å². The molecule has 1 atom stereocenters. The normalized spacial score (nSPS) is 14.0. The van der Waals surface area contributed by atoms with E-state index in [0.717, 1.165) is 16.5 Å². The molecule has 1 aliphatic heterocycles. The first-order valence-corrected chi connectivity index (χ1v) is 7.71. The molecule has 1 amide bonds. The maximum Gasteiger partial charge on any atom is 0.259 e. The van der Waals surface area contributed by atoms with E-state index >= 15 is 0 Å². The summed E-state index contributed by atoms with van der Waals surface area (Å²) in [5.41, 5.74) is 2.74. The number of rotatable bonds is 3. The van der Waals surface area contributed by atoms with Gasteiger partial charge in [-0.3, -0.25) is 4.79 Å². The van der Waals surface area contributed by atoms with Crippen molar-refractivity contribution in [2.24, 2.45) is 0 Å². The number of carbonyl (C=O) groups is 1. The number of amides is 1. The van der Waals surface area contributed by atoms with Gasteiger partial charge < -0.3 is 10.0 Å². The van der Waals surface area contributed by atoms with E-state index in [1.54, 1.807) is 29.2 Å². The first-order valence-electron chi connectivity index (χ1n) is 7.71. The van der Waals surface area contributed by atoms with Gasteiger partial charge in [0.05, 0.1) is 30.0 Å². The number of hydrogen-bond donors (Lipinski definition) is 1. The Balaban J connectivity index is 1.67. The highest BCUT2D eigenvalue weighted by molar-refractivity contribution is 6.25. The summed E-state index contributed by atoms with van der Waals surface area (Å²) in [6.45, 7) is 0.179. The standard InChI is InChI=1S/C20H14N2O2/c21-11-13-7-9-14(10-8-13)18(23)12-22-17-6-2-4-15-3-1-5-16(19(15)17)20(22)24/h1-10,18,23H,12H2. The zero-order chi connectivity index (χ0) is 16.7. The van der Waals surface area contributed by atoms with E-state index in [1.807, 2.05) is 36.4 Å². The number of nitrogens with zero attached hydrogens (tertiary/aromatic N) is 2. The zero-order valence-corrected chi connectivity index (χ0v) is 12.8. The first kappa shape index (κ1) is 14.4. The Morgan fingerprint density at radius 1 is 1.04 bits per heavy atom. The number of aliphatic hydroxyl groups is 1. The highest BCUT2D eigenvalue weighted by Gasteiger charge is 2.31. The third-order valence-electron chi connectivity index (χ3n) is 4.43. The molecule has 0 fully saturated rings. The molecule has 0 aromatic heterocycles. The van der Waals surface area contributed by atoms with Crippen molar-refractivity contribution in [3.8, 4) is 6.07 Å². The van der Waals surface area contributed by atoms with Crippen molar-refractivity contribution in [3.63, 3.8) is 0 Å². The molecular formula is C20H14N2O2. The number of nitriles is 1. The summed E-state index contributed by atoms with van der Waals surface area (Å²) in [5, 5.41) is 21.3. The highest BCUT2D eigenvalue weighted by Crippen LogP contribution is 2.38. The Bertz CT molecular complexity index is 981. The van der Waals surface area contributed by atoms with Crippen LogP contribution in [0, 0.1) is 11.3 Å². The van der Waals surface area contributed by atoms with Gasteiger partial charge in [-0.15, -0.1) is 0 Å². The second kappa shape index (κ2) is 5.48. The fraction of sp³-hybridized carbons (Fsp3) is 0.100. The van der Waals surface area contributed by atoms with Gasteiger partial charge in [-0.1, -0.05) is 36.4 Å². The van der Waals surface area contributed by atoms with Crippen LogP contribution in [-0.2, 0) is 0 Å². The van der Waals surface area contributed by atoms with Crippen molar-refractivity contribution in [3.05, 3.63) is 77.4 Å². The Morgan fingerprint density at radius 3 is 2.46 bits per heavy atom. The number of hydrogen-bond acceptors (Lipinski definition) is 3.